The molecule has 0 unspecified atom stereocenters. The molecule has 3 nitrogen and oxygen atoms in total. The Kier molecular flexibility index (Phi) is 2.86. The van der Waals surface area contributed by atoms with Crippen LogP contribution in [0.5, 0.6) is 5.75 Å². The van der Waals surface area contributed by atoms with Crippen molar-refractivity contribution in [3.63, 3.8) is 0 Å². The predicted octanol–water partition coefficient (Wildman–Crippen LogP) is 2.29. The fourth-order valence-corrected chi connectivity index (χ4v) is 2.99. The summed E-state index contributed by atoms with van der Waals surface area (Å²) in [5, 5.41) is 0. The molecule has 2 aliphatic heterocycles. The highest BCUT2D eigenvalue weighted by Crippen LogP contribution is 2.39. The molecule has 0 amide bonds. The fraction of sp³-hybridized carbons (Fsp3) is 0.533. The molecule has 3 heteroatoms. The average Bonchev–Trinajstić information content (AvgIpc) is 2.42. The summed E-state index contributed by atoms with van der Waals surface area (Å²) in [5.74, 6) is 0.983. The minimum absolute atomic E-state index is 0.0439. The average molecular weight is 245 g/mol. The lowest BCUT2D eigenvalue weighted by Crippen LogP contribution is -2.48. The number of piperidine rings is 1. The fourth-order valence-electron chi connectivity index (χ4n) is 2.99. The lowest BCUT2D eigenvalue weighted by molar-refractivity contribution is -0.00876. The number of fused-ring (bicyclic) bond motifs is 1. The molecule has 1 aromatic carbocycles. The van der Waals surface area contributed by atoms with Gasteiger partial charge in [-0.15, -0.1) is 0 Å². The Labute approximate surface area is 108 Å². The van der Waals surface area contributed by atoms with Gasteiger partial charge in [0, 0.05) is 18.7 Å². The molecule has 0 bridgehead atoms. The molecule has 0 radical (unpaired) electrons. The number of aryl methyl sites for hydroxylation is 1. The highest BCUT2D eigenvalue weighted by Gasteiger charge is 2.38. The minimum atomic E-state index is 0.0439. The first kappa shape index (κ1) is 11.7. The Bertz CT molecular complexity index is 462. The second-order valence-electron chi connectivity index (χ2n) is 5.57. The van der Waals surface area contributed by atoms with Crippen LogP contribution in [0.2, 0.25) is 0 Å². The van der Waals surface area contributed by atoms with Crippen LogP contribution >= 0.6 is 0 Å². The van der Waals surface area contributed by atoms with Crippen molar-refractivity contribution in [3.8, 4) is 5.75 Å². The van der Waals surface area contributed by atoms with E-state index in [1.165, 1.54) is 5.56 Å². The van der Waals surface area contributed by atoms with Gasteiger partial charge < -0.3 is 9.64 Å². The lowest BCUT2D eigenvalue weighted by Gasteiger charge is -2.43. The van der Waals surface area contributed by atoms with Crippen LogP contribution in [0.3, 0.4) is 0 Å². The highest BCUT2D eigenvalue weighted by molar-refractivity contribution is 5.75. The van der Waals surface area contributed by atoms with Crippen molar-refractivity contribution in [2.24, 2.45) is 0 Å². The largest absolute Gasteiger partial charge is 0.487 e. The van der Waals surface area contributed by atoms with Gasteiger partial charge in [0.2, 0.25) is 0 Å². The smallest absolute Gasteiger partial charge is 0.150 e. The SMILES string of the molecule is CN1CCC2(CCc3cc(C=O)ccc3O2)CC1. The third kappa shape index (κ3) is 2.03. The molecule has 1 saturated heterocycles. The maximum absolute atomic E-state index is 10.8. The Morgan fingerprint density at radius 2 is 2.06 bits per heavy atom. The van der Waals surface area contributed by atoms with Crippen LogP contribution < -0.4 is 4.74 Å². The zero-order valence-electron chi connectivity index (χ0n) is 10.8. The molecular weight excluding hydrogens is 226 g/mol. The first-order chi connectivity index (χ1) is 8.71. The van der Waals surface area contributed by atoms with Crippen LogP contribution in [0.4, 0.5) is 0 Å². The zero-order valence-corrected chi connectivity index (χ0v) is 10.8. The van der Waals surface area contributed by atoms with Gasteiger partial charge in [0.1, 0.15) is 17.6 Å². The predicted molar refractivity (Wildman–Crippen MR) is 70.2 cm³/mol. The molecule has 0 aliphatic carbocycles. The first-order valence-corrected chi connectivity index (χ1v) is 6.66. The van der Waals surface area contributed by atoms with E-state index in [-0.39, 0.29) is 5.60 Å². The van der Waals surface area contributed by atoms with Crippen LogP contribution in [-0.4, -0.2) is 36.9 Å². The second kappa shape index (κ2) is 4.39. The van der Waals surface area contributed by atoms with E-state index in [0.29, 0.717) is 0 Å². The van der Waals surface area contributed by atoms with Crippen molar-refractivity contribution in [2.45, 2.75) is 31.3 Å². The number of carbonyl (C=O) groups is 1. The van der Waals surface area contributed by atoms with Crippen LogP contribution in [0.15, 0.2) is 18.2 Å². The van der Waals surface area contributed by atoms with Gasteiger partial charge >= 0.3 is 0 Å². The number of likely N-dealkylation sites (tertiary alicyclic amines) is 1. The number of carbonyl (C=O) groups excluding carboxylic acids is 1. The Morgan fingerprint density at radius 1 is 1.28 bits per heavy atom. The van der Waals surface area contributed by atoms with Crippen molar-refractivity contribution in [3.05, 3.63) is 29.3 Å². The van der Waals surface area contributed by atoms with E-state index >= 15 is 0 Å². The van der Waals surface area contributed by atoms with E-state index in [0.717, 1.165) is 56.4 Å². The molecule has 18 heavy (non-hydrogen) atoms. The Morgan fingerprint density at radius 3 is 2.78 bits per heavy atom. The van der Waals surface area contributed by atoms with Gasteiger partial charge in [-0.3, -0.25) is 4.79 Å². The van der Waals surface area contributed by atoms with Gasteiger partial charge in [-0.05, 0) is 56.5 Å². The van der Waals surface area contributed by atoms with Crippen LogP contribution in [0.25, 0.3) is 0 Å². The highest BCUT2D eigenvalue weighted by atomic mass is 16.5. The summed E-state index contributed by atoms with van der Waals surface area (Å²) in [5.41, 5.74) is 1.98. The summed E-state index contributed by atoms with van der Waals surface area (Å²) in [6.45, 7) is 2.23. The molecule has 0 saturated carbocycles. The molecule has 1 spiro atoms. The number of aldehydes is 1. The number of hydrogen-bond acceptors (Lipinski definition) is 3. The van der Waals surface area contributed by atoms with Gasteiger partial charge in [0.15, 0.2) is 0 Å². The number of rotatable bonds is 1. The molecule has 0 N–H and O–H groups in total. The molecule has 1 fully saturated rings. The lowest BCUT2D eigenvalue weighted by atomic mass is 9.83. The first-order valence-electron chi connectivity index (χ1n) is 6.66. The standard InChI is InChI=1S/C15H19NO2/c1-16-8-6-15(7-9-16)5-4-13-10-12(11-17)2-3-14(13)18-15/h2-3,10-11H,4-9H2,1H3. The van der Waals surface area contributed by atoms with E-state index in [1.807, 2.05) is 18.2 Å². The summed E-state index contributed by atoms with van der Waals surface area (Å²) in [6, 6.07) is 5.77. The van der Waals surface area contributed by atoms with E-state index < -0.39 is 0 Å². The molecule has 2 heterocycles. The molecular formula is C15H19NO2. The van der Waals surface area contributed by atoms with Crippen LogP contribution in [0.1, 0.15) is 35.2 Å². The van der Waals surface area contributed by atoms with Crippen LogP contribution in [-0.2, 0) is 6.42 Å². The Balaban J connectivity index is 1.83. The number of hydrogen-bond donors (Lipinski definition) is 0. The van der Waals surface area contributed by atoms with E-state index in [1.54, 1.807) is 0 Å². The topological polar surface area (TPSA) is 29.5 Å². The van der Waals surface area contributed by atoms with Gasteiger partial charge in [-0.1, -0.05) is 0 Å². The summed E-state index contributed by atoms with van der Waals surface area (Å²) in [4.78, 5) is 13.1. The minimum Gasteiger partial charge on any atom is -0.487 e. The van der Waals surface area contributed by atoms with Crippen LogP contribution in [0, 0.1) is 0 Å². The zero-order chi connectivity index (χ0) is 12.6. The molecule has 0 atom stereocenters. The van der Waals surface area contributed by atoms with Gasteiger partial charge in [-0.25, -0.2) is 0 Å². The second-order valence-corrected chi connectivity index (χ2v) is 5.57. The van der Waals surface area contributed by atoms with E-state index in [9.17, 15) is 4.79 Å². The van der Waals surface area contributed by atoms with E-state index in [2.05, 4.69) is 11.9 Å². The molecule has 1 aromatic rings. The monoisotopic (exact) mass is 245 g/mol. The molecule has 96 valence electrons. The summed E-state index contributed by atoms with van der Waals surface area (Å²) in [6.07, 6.45) is 5.23. The number of benzene rings is 1. The van der Waals surface area contributed by atoms with Crippen molar-refractivity contribution >= 4 is 6.29 Å². The van der Waals surface area contributed by atoms with E-state index in [4.69, 9.17) is 4.74 Å². The normalized spacial score (nSPS) is 22.3. The summed E-state index contributed by atoms with van der Waals surface area (Å²) < 4.78 is 6.27. The third-order valence-electron chi connectivity index (χ3n) is 4.30. The molecule has 3 rings (SSSR count). The Hall–Kier alpha value is -1.35. The number of nitrogens with zero attached hydrogens (tertiary/aromatic N) is 1. The van der Waals surface area contributed by atoms with Crippen molar-refractivity contribution in [2.75, 3.05) is 20.1 Å². The molecule has 2 aliphatic rings. The number of ether oxygens (including phenoxy) is 1. The van der Waals surface area contributed by atoms with Gasteiger partial charge in [-0.2, -0.15) is 0 Å². The van der Waals surface area contributed by atoms with Crippen molar-refractivity contribution in [1.29, 1.82) is 0 Å². The maximum Gasteiger partial charge on any atom is 0.150 e. The van der Waals surface area contributed by atoms with Crippen molar-refractivity contribution < 1.29 is 9.53 Å². The van der Waals surface area contributed by atoms with Crippen molar-refractivity contribution in [1.82, 2.24) is 4.90 Å². The summed E-state index contributed by atoms with van der Waals surface area (Å²) >= 11 is 0. The third-order valence-corrected chi connectivity index (χ3v) is 4.30. The maximum atomic E-state index is 10.8. The quantitative estimate of drug-likeness (QED) is 0.711. The summed E-state index contributed by atoms with van der Waals surface area (Å²) in [7, 11) is 2.17. The van der Waals surface area contributed by atoms with Gasteiger partial charge in [0.25, 0.3) is 0 Å². The van der Waals surface area contributed by atoms with Gasteiger partial charge in [0.05, 0.1) is 0 Å². The molecule has 0 aromatic heterocycles.